The first kappa shape index (κ1) is 16.7. The Hall–Kier alpha value is -0.690. The second-order valence-corrected chi connectivity index (χ2v) is 5.84. The van der Waals surface area contributed by atoms with E-state index in [4.69, 9.17) is 19.6 Å². The quantitative estimate of drug-likeness (QED) is 0.548. The molecule has 6 heteroatoms. The molecule has 0 bridgehead atoms. The first-order chi connectivity index (χ1) is 10.3. The fourth-order valence-corrected chi connectivity index (χ4v) is 2.78. The molecule has 0 amide bonds. The molecule has 1 heterocycles. The van der Waals surface area contributed by atoms with Crippen molar-refractivity contribution >= 4 is 5.97 Å². The highest BCUT2D eigenvalue weighted by Gasteiger charge is 2.38. The molecule has 6 nitrogen and oxygen atoms in total. The summed E-state index contributed by atoms with van der Waals surface area (Å²) in [6, 6.07) is 0. The van der Waals surface area contributed by atoms with Crippen molar-refractivity contribution in [2.24, 2.45) is 5.92 Å². The number of esters is 1. The van der Waals surface area contributed by atoms with Crippen LogP contribution in [-0.2, 0) is 29.1 Å². The van der Waals surface area contributed by atoms with Gasteiger partial charge in [-0.15, -0.1) is 0 Å². The highest BCUT2D eigenvalue weighted by atomic mass is 17.3. The van der Waals surface area contributed by atoms with Crippen LogP contribution in [0.5, 0.6) is 0 Å². The van der Waals surface area contributed by atoms with Gasteiger partial charge in [0.05, 0.1) is 20.3 Å². The molecule has 1 aliphatic carbocycles. The van der Waals surface area contributed by atoms with Crippen molar-refractivity contribution in [1.82, 2.24) is 0 Å². The van der Waals surface area contributed by atoms with Crippen LogP contribution in [0.1, 0.15) is 57.8 Å². The van der Waals surface area contributed by atoms with Gasteiger partial charge in [-0.25, -0.2) is 9.78 Å². The normalized spacial score (nSPS) is 25.8. The van der Waals surface area contributed by atoms with Gasteiger partial charge in [-0.3, -0.25) is 4.79 Å². The average Bonchev–Trinajstić information content (AvgIpc) is 2.49. The van der Waals surface area contributed by atoms with E-state index in [1.165, 1.54) is 39.2 Å². The van der Waals surface area contributed by atoms with Gasteiger partial charge in [-0.2, -0.15) is 9.78 Å². The molecule has 2 rings (SSSR count). The molecule has 2 fully saturated rings. The van der Waals surface area contributed by atoms with Gasteiger partial charge in [0.1, 0.15) is 5.92 Å². The lowest BCUT2D eigenvalue weighted by Crippen LogP contribution is -2.41. The van der Waals surface area contributed by atoms with E-state index in [-0.39, 0.29) is 19.2 Å². The van der Waals surface area contributed by atoms with Gasteiger partial charge in [-0.1, -0.05) is 32.1 Å². The second-order valence-electron chi connectivity index (χ2n) is 5.84. The topological polar surface area (TPSA) is 63.2 Å². The van der Waals surface area contributed by atoms with Crippen molar-refractivity contribution in [3.05, 3.63) is 0 Å². The molecule has 0 aromatic carbocycles. The number of carbonyl (C=O) groups excluding carboxylic acids is 1. The van der Waals surface area contributed by atoms with Gasteiger partial charge in [0, 0.05) is 12.8 Å². The summed E-state index contributed by atoms with van der Waals surface area (Å²) in [6.07, 6.45) is 9.68. The summed E-state index contributed by atoms with van der Waals surface area (Å²) in [5, 5.41) is 0. The number of methoxy groups -OCH3 is 1. The fourth-order valence-electron chi connectivity index (χ4n) is 2.78. The lowest BCUT2D eigenvalue weighted by molar-refractivity contribution is -0.529. The zero-order chi connectivity index (χ0) is 15.0. The lowest BCUT2D eigenvalue weighted by atomic mass is 9.97. The van der Waals surface area contributed by atoms with E-state index < -0.39 is 11.7 Å². The molecule has 0 radical (unpaired) electrons. The Morgan fingerprint density at radius 2 is 1.38 bits per heavy atom. The predicted octanol–water partition coefficient (Wildman–Crippen LogP) is 2.91. The van der Waals surface area contributed by atoms with E-state index in [0.717, 1.165) is 25.7 Å². The van der Waals surface area contributed by atoms with Crippen LogP contribution in [0.15, 0.2) is 0 Å². The third-order valence-electron chi connectivity index (χ3n) is 4.11. The molecule has 1 saturated heterocycles. The van der Waals surface area contributed by atoms with E-state index in [9.17, 15) is 4.79 Å². The van der Waals surface area contributed by atoms with Gasteiger partial charge in [0.15, 0.2) is 0 Å². The van der Waals surface area contributed by atoms with Gasteiger partial charge in [0.2, 0.25) is 5.79 Å². The largest absolute Gasteiger partial charge is 0.469 e. The van der Waals surface area contributed by atoms with Crippen molar-refractivity contribution < 1.29 is 29.1 Å². The molecule has 1 saturated carbocycles. The molecule has 1 aliphatic heterocycles. The van der Waals surface area contributed by atoms with Crippen molar-refractivity contribution in [3.63, 3.8) is 0 Å². The monoisotopic (exact) mass is 302 g/mol. The van der Waals surface area contributed by atoms with E-state index >= 15 is 0 Å². The highest BCUT2D eigenvalue weighted by Crippen LogP contribution is 2.32. The number of rotatable bonds is 1. The Labute approximate surface area is 125 Å². The zero-order valence-corrected chi connectivity index (χ0v) is 12.8. The standard InChI is InChI=1S/C15H26O6/c1-17-14(16)13-11-18-20-15(21-19-12-13)9-7-5-3-2-4-6-8-10-15/h13H,2-12H2,1H3. The molecule has 122 valence electrons. The van der Waals surface area contributed by atoms with Crippen LogP contribution in [0, 0.1) is 5.92 Å². The van der Waals surface area contributed by atoms with Crippen LogP contribution in [0.2, 0.25) is 0 Å². The molecule has 21 heavy (non-hydrogen) atoms. The van der Waals surface area contributed by atoms with Crippen molar-refractivity contribution in [2.45, 2.75) is 63.6 Å². The number of ether oxygens (including phenoxy) is 1. The van der Waals surface area contributed by atoms with Gasteiger partial charge in [-0.05, 0) is 12.8 Å². The van der Waals surface area contributed by atoms with Crippen molar-refractivity contribution in [3.8, 4) is 0 Å². The smallest absolute Gasteiger partial charge is 0.313 e. The van der Waals surface area contributed by atoms with Crippen LogP contribution in [0.3, 0.4) is 0 Å². The number of carbonyl (C=O) groups is 1. The maximum absolute atomic E-state index is 11.5. The Balaban J connectivity index is 1.90. The van der Waals surface area contributed by atoms with Crippen molar-refractivity contribution in [2.75, 3.05) is 20.3 Å². The highest BCUT2D eigenvalue weighted by molar-refractivity contribution is 5.72. The molecule has 0 atom stereocenters. The lowest BCUT2D eigenvalue weighted by Gasteiger charge is -2.34. The van der Waals surface area contributed by atoms with E-state index in [0.29, 0.717) is 0 Å². The first-order valence-corrected chi connectivity index (χ1v) is 7.95. The zero-order valence-electron chi connectivity index (χ0n) is 12.8. The fraction of sp³-hybridized carbons (Fsp3) is 0.933. The maximum atomic E-state index is 11.5. The maximum Gasteiger partial charge on any atom is 0.313 e. The summed E-state index contributed by atoms with van der Waals surface area (Å²) in [5.41, 5.74) is 0. The minimum atomic E-state index is -0.835. The average molecular weight is 302 g/mol. The number of hydrogen-bond acceptors (Lipinski definition) is 6. The van der Waals surface area contributed by atoms with Crippen LogP contribution in [0.4, 0.5) is 0 Å². The van der Waals surface area contributed by atoms with Crippen LogP contribution >= 0.6 is 0 Å². The van der Waals surface area contributed by atoms with Crippen molar-refractivity contribution in [1.29, 1.82) is 0 Å². The SMILES string of the molecule is COC(=O)C1COOC2(CCCCCCCCC2)OOC1. The third kappa shape index (κ3) is 5.21. The Bertz CT molecular complexity index is 297. The summed E-state index contributed by atoms with van der Waals surface area (Å²) >= 11 is 0. The molecule has 1 spiro atoms. The van der Waals surface area contributed by atoms with E-state index in [1.54, 1.807) is 0 Å². The molecule has 0 aromatic heterocycles. The molecular weight excluding hydrogens is 276 g/mol. The van der Waals surface area contributed by atoms with E-state index in [1.807, 2.05) is 0 Å². The second kappa shape index (κ2) is 8.68. The predicted molar refractivity (Wildman–Crippen MR) is 73.9 cm³/mol. The van der Waals surface area contributed by atoms with Gasteiger partial charge >= 0.3 is 5.97 Å². The minimum Gasteiger partial charge on any atom is -0.469 e. The summed E-state index contributed by atoms with van der Waals surface area (Å²) in [4.78, 5) is 33.0. The summed E-state index contributed by atoms with van der Waals surface area (Å²) in [5.74, 6) is -1.74. The van der Waals surface area contributed by atoms with Gasteiger partial charge < -0.3 is 4.74 Å². The molecule has 0 N–H and O–H groups in total. The van der Waals surface area contributed by atoms with Crippen LogP contribution < -0.4 is 0 Å². The van der Waals surface area contributed by atoms with E-state index in [2.05, 4.69) is 4.74 Å². The van der Waals surface area contributed by atoms with Gasteiger partial charge in [0.25, 0.3) is 0 Å². The molecule has 0 unspecified atom stereocenters. The van der Waals surface area contributed by atoms with Crippen LogP contribution in [0.25, 0.3) is 0 Å². The molecule has 2 aliphatic rings. The Kier molecular flexibility index (Phi) is 6.89. The Morgan fingerprint density at radius 1 is 0.905 bits per heavy atom. The summed E-state index contributed by atoms with van der Waals surface area (Å²) < 4.78 is 4.68. The minimum absolute atomic E-state index is 0.123. The molecular formula is C15H26O6. The Morgan fingerprint density at radius 3 is 1.86 bits per heavy atom. The first-order valence-electron chi connectivity index (χ1n) is 7.95. The third-order valence-corrected chi connectivity index (χ3v) is 4.11. The molecule has 0 aromatic rings. The summed E-state index contributed by atoms with van der Waals surface area (Å²) in [6.45, 7) is 0.246. The van der Waals surface area contributed by atoms with Crippen LogP contribution in [-0.4, -0.2) is 32.1 Å². The summed E-state index contributed by atoms with van der Waals surface area (Å²) in [7, 11) is 1.34. The number of hydrogen-bond donors (Lipinski definition) is 0.